The largest absolute Gasteiger partial charge is 0.379 e. The molecule has 3 unspecified atom stereocenters. The maximum atomic E-state index is 13.4. The van der Waals surface area contributed by atoms with Crippen LogP contribution in [-0.2, 0) is 4.74 Å². The van der Waals surface area contributed by atoms with Gasteiger partial charge in [-0.3, -0.25) is 15.2 Å². The lowest BCUT2D eigenvalue weighted by Crippen LogP contribution is -2.75. The summed E-state index contributed by atoms with van der Waals surface area (Å²) in [6, 6.07) is 0.480. The fourth-order valence-electron chi connectivity index (χ4n) is 3.15. The normalized spacial score (nSPS) is 36.9. The van der Waals surface area contributed by atoms with Crippen molar-refractivity contribution < 1.29 is 14.1 Å². The Kier molecular flexibility index (Phi) is 5.18. The van der Waals surface area contributed by atoms with E-state index in [1.807, 2.05) is 0 Å². The molecular formula is C14H25FN3OS+. The molecule has 3 fully saturated rings. The number of alkyl halides is 1. The highest BCUT2D eigenvalue weighted by atomic mass is 32.2. The number of nitrogens with one attached hydrogen (secondary N) is 2. The summed E-state index contributed by atoms with van der Waals surface area (Å²) in [5, 5.41) is 5.11. The molecule has 20 heavy (non-hydrogen) atoms. The molecule has 6 heteroatoms. The number of hydrogen-bond donors (Lipinski definition) is 2. The van der Waals surface area contributed by atoms with Gasteiger partial charge in [0, 0.05) is 19.6 Å². The van der Waals surface area contributed by atoms with E-state index in [0.29, 0.717) is 17.7 Å². The number of fused-ring (bicyclic) bond motifs is 1. The van der Waals surface area contributed by atoms with Crippen molar-refractivity contribution in [2.45, 2.75) is 43.1 Å². The predicted molar refractivity (Wildman–Crippen MR) is 79.8 cm³/mol. The molecule has 0 aromatic carbocycles. The number of ether oxygens (including phenoxy) is 1. The minimum atomic E-state index is -0.591. The smallest absolute Gasteiger partial charge is 0.304 e. The topological polar surface area (TPSA) is 38.5 Å². The molecule has 3 rings (SSSR count). The molecule has 3 aliphatic rings. The van der Waals surface area contributed by atoms with Crippen LogP contribution in [0.5, 0.6) is 0 Å². The second-order valence-corrected chi connectivity index (χ2v) is 7.13. The SMILES string of the molecule is FC1CCC2NC(=[NH+]CCCN3CCOCC3)SC2C1. The van der Waals surface area contributed by atoms with Crippen molar-refractivity contribution in [1.29, 1.82) is 0 Å². The quantitative estimate of drug-likeness (QED) is 0.702. The third kappa shape index (κ3) is 3.86. The van der Waals surface area contributed by atoms with Gasteiger partial charge in [0.05, 0.1) is 25.0 Å². The molecule has 2 heterocycles. The van der Waals surface area contributed by atoms with E-state index in [1.54, 1.807) is 11.8 Å². The van der Waals surface area contributed by atoms with Gasteiger partial charge >= 0.3 is 5.17 Å². The lowest BCUT2D eigenvalue weighted by molar-refractivity contribution is -0.456. The van der Waals surface area contributed by atoms with Gasteiger partial charge in [0.15, 0.2) is 0 Å². The van der Waals surface area contributed by atoms with Gasteiger partial charge in [-0.15, -0.1) is 0 Å². The summed E-state index contributed by atoms with van der Waals surface area (Å²) in [5.41, 5.74) is 0. The second kappa shape index (κ2) is 7.09. The molecule has 2 aliphatic heterocycles. The van der Waals surface area contributed by atoms with Gasteiger partial charge in [-0.05, 0) is 37.4 Å². The van der Waals surface area contributed by atoms with Crippen LogP contribution in [0.2, 0.25) is 0 Å². The van der Waals surface area contributed by atoms with Crippen molar-refractivity contribution in [3.63, 3.8) is 0 Å². The summed E-state index contributed by atoms with van der Waals surface area (Å²) in [5.74, 6) is 0. The van der Waals surface area contributed by atoms with Crippen LogP contribution in [0.4, 0.5) is 4.39 Å². The standard InChI is InChI=1S/C14H24FN3OS/c15-11-2-3-12-13(10-11)20-14(17-12)16-4-1-5-18-6-8-19-9-7-18/h11-13H,1-10H2,(H,16,17)/p+1. The van der Waals surface area contributed by atoms with Crippen molar-refractivity contribution in [2.24, 2.45) is 0 Å². The zero-order valence-corrected chi connectivity index (χ0v) is 12.8. The first-order valence-corrected chi connectivity index (χ1v) is 8.67. The van der Waals surface area contributed by atoms with Crippen LogP contribution in [0.1, 0.15) is 25.7 Å². The Morgan fingerprint density at radius 2 is 2.20 bits per heavy atom. The highest BCUT2D eigenvalue weighted by Crippen LogP contribution is 2.34. The molecule has 3 atom stereocenters. The zero-order valence-electron chi connectivity index (χ0n) is 11.9. The first-order chi connectivity index (χ1) is 9.81. The number of rotatable bonds is 4. The van der Waals surface area contributed by atoms with Crippen molar-refractivity contribution in [2.75, 3.05) is 39.4 Å². The maximum absolute atomic E-state index is 13.4. The van der Waals surface area contributed by atoms with Crippen LogP contribution in [0.25, 0.3) is 0 Å². The average Bonchev–Trinajstić information content (AvgIpc) is 2.86. The van der Waals surface area contributed by atoms with Crippen molar-refractivity contribution in [3.8, 4) is 0 Å². The van der Waals surface area contributed by atoms with Crippen molar-refractivity contribution in [1.82, 2.24) is 10.2 Å². The monoisotopic (exact) mass is 302 g/mol. The highest BCUT2D eigenvalue weighted by molar-refractivity contribution is 8.14. The molecule has 4 nitrogen and oxygen atoms in total. The van der Waals surface area contributed by atoms with Crippen LogP contribution < -0.4 is 10.3 Å². The van der Waals surface area contributed by atoms with Crippen molar-refractivity contribution in [3.05, 3.63) is 0 Å². The fraction of sp³-hybridized carbons (Fsp3) is 0.929. The summed E-state index contributed by atoms with van der Waals surface area (Å²) in [6.45, 7) is 5.99. The number of thioether (sulfide) groups is 1. The van der Waals surface area contributed by atoms with Gasteiger partial charge in [0.25, 0.3) is 0 Å². The average molecular weight is 302 g/mol. The molecule has 2 N–H and O–H groups in total. The minimum absolute atomic E-state index is 0.431. The molecule has 0 amide bonds. The lowest BCUT2D eigenvalue weighted by Gasteiger charge is -2.25. The van der Waals surface area contributed by atoms with E-state index in [1.165, 1.54) is 0 Å². The third-order valence-electron chi connectivity index (χ3n) is 4.35. The Bertz CT molecular complexity index is 349. The number of morpholine rings is 1. The molecule has 2 saturated heterocycles. The number of halogens is 1. The Hall–Kier alpha value is -0.330. The molecule has 1 saturated carbocycles. The van der Waals surface area contributed by atoms with Crippen LogP contribution in [0, 0.1) is 0 Å². The van der Waals surface area contributed by atoms with Crippen LogP contribution in [0.3, 0.4) is 0 Å². The van der Waals surface area contributed by atoms with Gasteiger partial charge in [0.1, 0.15) is 12.2 Å². The molecular weight excluding hydrogens is 277 g/mol. The van der Waals surface area contributed by atoms with E-state index in [4.69, 9.17) is 4.74 Å². The van der Waals surface area contributed by atoms with Gasteiger partial charge < -0.3 is 4.74 Å². The van der Waals surface area contributed by atoms with E-state index in [-0.39, 0.29) is 0 Å². The molecule has 0 spiro atoms. The first-order valence-electron chi connectivity index (χ1n) is 7.79. The van der Waals surface area contributed by atoms with Gasteiger partial charge in [-0.25, -0.2) is 4.39 Å². The Labute approximate surface area is 124 Å². The van der Waals surface area contributed by atoms with E-state index < -0.39 is 6.17 Å². The minimum Gasteiger partial charge on any atom is -0.379 e. The van der Waals surface area contributed by atoms with Crippen LogP contribution in [0.15, 0.2) is 0 Å². The summed E-state index contributed by atoms with van der Waals surface area (Å²) in [6.07, 6.45) is 2.96. The second-order valence-electron chi connectivity index (χ2n) is 5.88. The molecule has 0 radical (unpaired) electrons. The van der Waals surface area contributed by atoms with Crippen LogP contribution in [-0.4, -0.2) is 66.9 Å². The summed E-state index contributed by atoms with van der Waals surface area (Å²) in [7, 11) is 0. The fourth-order valence-corrected chi connectivity index (χ4v) is 4.53. The lowest BCUT2D eigenvalue weighted by atomic mass is 9.94. The number of nitrogens with zero attached hydrogens (tertiary/aromatic N) is 1. The summed E-state index contributed by atoms with van der Waals surface area (Å²) >= 11 is 1.81. The maximum Gasteiger partial charge on any atom is 0.304 e. The van der Waals surface area contributed by atoms with Crippen molar-refractivity contribution >= 4 is 16.9 Å². The Balaban J connectivity index is 1.37. The van der Waals surface area contributed by atoms with E-state index in [0.717, 1.165) is 63.8 Å². The van der Waals surface area contributed by atoms with Crippen LogP contribution >= 0.6 is 11.8 Å². The van der Waals surface area contributed by atoms with E-state index >= 15 is 0 Å². The predicted octanol–water partition coefficient (Wildman–Crippen LogP) is -0.259. The summed E-state index contributed by atoms with van der Waals surface area (Å²) < 4.78 is 18.7. The number of hydrogen-bond acceptors (Lipinski definition) is 3. The third-order valence-corrected chi connectivity index (χ3v) is 5.68. The molecule has 0 aromatic heterocycles. The zero-order chi connectivity index (χ0) is 13.8. The number of amidine groups is 1. The first kappa shape index (κ1) is 14.6. The Morgan fingerprint density at radius 1 is 1.35 bits per heavy atom. The van der Waals surface area contributed by atoms with E-state index in [9.17, 15) is 4.39 Å². The Morgan fingerprint density at radius 3 is 3.05 bits per heavy atom. The summed E-state index contributed by atoms with van der Waals surface area (Å²) in [4.78, 5) is 5.94. The van der Waals surface area contributed by atoms with Gasteiger partial charge in [-0.2, -0.15) is 0 Å². The molecule has 114 valence electrons. The molecule has 1 aliphatic carbocycles. The molecule has 0 bridgehead atoms. The molecule has 0 aromatic rings. The van der Waals surface area contributed by atoms with Gasteiger partial charge in [-0.1, -0.05) is 0 Å². The highest BCUT2D eigenvalue weighted by Gasteiger charge is 2.41. The van der Waals surface area contributed by atoms with E-state index in [2.05, 4.69) is 15.2 Å². The van der Waals surface area contributed by atoms with Gasteiger partial charge in [0.2, 0.25) is 0 Å².